The van der Waals surface area contributed by atoms with Gasteiger partial charge in [0, 0.05) is 27.3 Å². The minimum atomic E-state index is -3.56. The van der Waals surface area contributed by atoms with Crippen molar-refractivity contribution in [1.29, 1.82) is 0 Å². The molecule has 0 unspecified atom stereocenters. The highest BCUT2D eigenvalue weighted by Crippen LogP contribution is 2.15. The summed E-state index contributed by atoms with van der Waals surface area (Å²) in [5.74, 6) is 0.124. The molecule has 0 spiro atoms. The third-order valence-corrected chi connectivity index (χ3v) is 3.53. The minimum absolute atomic E-state index is 0.00687. The number of methoxy groups -OCH3 is 1. The summed E-state index contributed by atoms with van der Waals surface area (Å²) in [6.45, 7) is 0.815. The number of nitrogens with one attached hydrogen (secondary N) is 1. The molecule has 0 radical (unpaired) electrons. The molecular weight excluding hydrogens is 232 g/mol. The van der Waals surface area contributed by atoms with Crippen LogP contribution in [0.5, 0.6) is 0 Å². The summed E-state index contributed by atoms with van der Waals surface area (Å²) in [6.07, 6.45) is 1.84. The third kappa shape index (κ3) is 2.94. The summed E-state index contributed by atoms with van der Waals surface area (Å²) in [7, 11) is -0.419. The molecule has 0 saturated heterocycles. The lowest BCUT2D eigenvalue weighted by atomic mass is 10.5. The summed E-state index contributed by atoms with van der Waals surface area (Å²) in [6, 6.07) is 0. The maximum absolute atomic E-state index is 11.7. The van der Waals surface area contributed by atoms with Crippen LogP contribution >= 0.6 is 0 Å². The highest BCUT2D eigenvalue weighted by Gasteiger charge is 2.19. The number of hydrogen-bond acceptors (Lipinski definition) is 5. The summed E-state index contributed by atoms with van der Waals surface area (Å²) in [4.78, 5) is 0.00687. The Kier molecular flexibility index (Phi) is 4.27. The molecule has 0 aliphatic rings. The van der Waals surface area contributed by atoms with Crippen LogP contribution in [-0.4, -0.2) is 38.5 Å². The van der Waals surface area contributed by atoms with Crippen molar-refractivity contribution in [2.24, 2.45) is 7.05 Å². The molecule has 1 aromatic rings. The molecule has 0 aliphatic carbocycles. The first kappa shape index (κ1) is 12.9. The normalized spacial score (nSPS) is 11.9. The molecule has 8 heteroatoms. The first-order valence-corrected chi connectivity index (χ1v) is 6.23. The van der Waals surface area contributed by atoms with Crippen LogP contribution in [0.2, 0.25) is 0 Å². The number of rotatable bonds is 6. The van der Waals surface area contributed by atoms with E-state index in [4.69, 9.17) is 10.5 Å². The van der Waals surface area contributed by atoms with Crippen LogP contribution in [0.3, 0.4) is 0 Å². The quantitative estimate of drug-likeness (QED) is 0.650. The molecule has 1 rings (SSSR count). The predicted octanol–water partition coefficient (Wildman–Crippen LogP) is -0.683. The number of ether oxygens (including phenoxy) is 1. The SMILES string of the molecule is COCCCNS(=O)(=O)c1cnn(C)c1N. The highest BCUT2D eigenvalue weighted by molar-refractivity contribution is 7.89. The first-order chi connectivity index (χ1) is 7.49. The van der Waals surface area contributed by atoms with E-state index in [9.17, 15) is 8.42 Å². The maximum Gasteiger partial charge on any atom is 0.245 e. The van der Waals surface area contributed by atoms with Crippen LogP contribution in [0.1, 0.15) is 6.42 Å². The van der Waals surface area contributed by atoms with Gasteiger partial charge in [-0.05, 0) is 6.42 Å². The maximum atomic E-state index is 11.7. The van der Waals surface area contributed by atoms with Gasteiger partial charge in [0.25, 0.3) is 0 Å². The van der Waals surface area contributed by atoms with Gasteiger partial charge >= 0.3 is 0 Å². The van der Waals surface area contributed by atoms with Gasteiger partial charge in [-0.2, -0.15) is 5.10 Å². The van der Waals surface area contributed by atoms with Crippen molar-refractivity contribution in [1.82, 2.24) is 14.5 Å². The Morgan fingerprint density at radius 2 is 2.31 bits per heavy atom. The molecule has 0 amide bonds. The van der Waals surface area contributed by atoms with Crippen LogP contribution in [0.4, 0.5) is 5.82 Å². The van der Waals surface area contributed by atoms with Gasteiger partial charge in [0.2, 0.25) is 10.0 Å². The van der Waals surface area contributed by atoms with Gasteiger partial charge in [-0.3, -0.25) is 4.68 Å². The number of nitrogens with two attached hydrogens (primary N) is 1. The lowest BCUT2D eigenvalue weighted by Crippen LogP contribution is -2.26. The van der Waals surface area contributed by atoms with Crippen molar-refractivity contribution in [3.05, 3.63) is 6.20 Å². The van der Waals surface area contributed by atoms with E-state index in [1.807, 2.05) is 0 Å². The number of aromatic nitrogens is 2. The van der Waals surface area contributed by atoms with E-state index in [0.29, 0.717) is 19.6 Å². The zero-order valence-corrected chi connectivity index (χ0v) is 10.1. The first-order valence-electron chi connectivity index (χ1n) is 4.75. The Morgan fingerprint density at radius 3 is 2.81 bits per heavy atom. The lowest BCUT2D eigenvalue weighted by Gasteiger charge is -2.05. The van der Waals surface area contributed by atoms with Crippen molar-refractivity contribution < 1.29 is 13.2 Å². The van der Waals surface area contributed by atoms with Gasteiger partial charge in [-0.1, -0.05) is 0 Å². The number of nitrogens with zero attached hydrogens (tertiary/aromatic N) is 2. The van der Waals surface area contributed by atoms with Crippen LogP contribution in [0, 0.1) is 0 Å². The summed E-state index contributed by atoms with van der Waals surface area (Å²) < 4.78 is 32.0. The Bertz CT molecular complexity index is 440. The molecule has 0 bridgehead atoms. The molecule has 0 aliphatic heterocycles. The molecule has 1 aromatic heterocycles. The van der Waals surface area contributed by atoms with Crippen LogP contribution in [0.25, 0.3) is 0 Å². The fourth-order valence-corrected chi connectivity index (χ4v) is 2.30. The molecule has 92 valence electrons. The molecule has 0 fully saturated rings. The lowest BCUT2D eigenvalue weighted by molar-refractivity contribution is 0.196. The number of aryl methyl sites for hydroxylation is 1. The highest BCUT2D eigenvalue weighted by atomic mass is 32.2. The summed E-state index contributed by atoms with van der Waals surface area (Å²) in [5.41, 5.74) is 5.58. The Balaban J connectivity index is 2.68. The van der Waals surface area contributed by atoms with Crippen LogP contribution in [0.15, 0.2) is 11.1 Å². The summed E-state index contributed by atoms with van der Waals surface area (Å²) >= 11 is 0. The molecular formula is C8H16N4O3S. The number of nitrogen functional groups attached to an aromatic ring is 1. The second-order valence-electron chi connectivity index (χ2n) is 3.26. The molecule has 0 atom stereocenters. The molecule has 16 heavy (non-hydrogen) atoms. The van der Waals surface area contributed by atoms with E-state index in [1.54, 1.807) is 14.2 Å². The second kappa shape index (κ2) is 5.28. The van der Waals surface area contributed by atoms with Crippen LogP contribution in [-0.2, 0) is 21.8 Å². The van der Waals surface area contributed by atoms with Crippen molar-refractivity contribution in [3.63, 3.8) is 0 Å². The molecule has 0 aromatic carbocycles. The van der Waals surface area contributed by atoms with Gasteiger partial charge in [0.1, 0.15) is 10.7 Å². The number of sulfonamides is 1. The van der Waals surface area contributed by atoms with Crippen LogP contribution < -0.4 is 10.5 Å². The van der Waals surface area contributed by atoms with E-state index < -0.39 is 10.0 Å². The predicted molar refractivity (Wildman–Crippen MR) is 59.3 cm³/mol. The largest absolute Gasteiger partial charge is 0.385 e. The standard InChI is InChI=1S/C8H16N4O3S/c1-12-8(9)7(6-10-12)16(13,14)11-4-3-5-15-2/h6,11H,3-5,9H2,1-2H3. The third-order valence-electron chi connectivity index (χ3n) is 2.06. The fourth-order valence-electron chi connectivity index (χ4n) is 1.13. The van der Waals surface area contributed by atoms with Gasteiger partial charge < -0.3 is 10.5 Å². The van der Waals surface area contributed by atoms with Crippen molar-refractivity contribution >= 4 is 15.8 Å². The Labute approximate surface area is 94.6 Å². The second-order valence-corrected chi connectivity index (χ2v) is 5.00. The molecule has 3 N–H and O–H groups in total. The van der Waals surface area contributed by atoms with Gasteiger partial charge in [0.15, 0.2) is 0 Å². The van der Waals surface area contributed by atoms with E-state index in [1.165, 1.54) is 10.9 Å². The fraction of sp³-hybridized carbons (Fsp3) is 0.625. The van der Waals surface area contributed by atoms with E-state index in [0.717, 1.165) is 0 Å². The summed E-state index contributed by atoms with van der Waals surface area (Å²) in [5, 5.41) is 3.77. The van der Waals surface area contributed by atoms with Crippen molar-refractivity contribution in [3.8, 4) is 0 Å². The number of anilines is 1. The van der Waals surface area contributed by atoms with E-state index >= 15 is 0 Å². The van der Waals surface area contributed by atoms with E-state index in [-0.39, 0.29) is 10.7 Å². The minimum Gasteiger partial charge on any atom is -0.385 e. The van der Waals surface area contributed by atoms with Gasteiger partial charge in [-0.25, -0.2) is 13.1 Å². The monoisotopic (exact) mass is 248 g/mol. The smallest absolute Gasteiger partial charge is 0.245 e. The van der Waals surface area contributed by atoms with Gasteiger partial charge in [-0.15, -0.1) is 0 Å². The zero-order chi connectivity index (χ0) is 12.2. The van der Waals surface area contributed by atoms with E-state index in [2.05, 4.69) is 9.82 Å². The molecule has 0 saturated carbocycles. The Hall–Kier alpha value is -1.12. The topological polar surface area (TPSA) is 99.2 Å². The number of hydrogen-bond donors (Lipinski definition) is 2. The Morgan fingerprint density at radius 1 is 1.62 bits per heavy atom. The van der Waals surface area contributed by atoms with Crippen molar-refractivity contribution in [2.75, 3.05) is 26.0 Å². The van der Waals surface area contributed by atoms with Crippen molar-refractivity contribution in [2.45, 2.75) is 11.3 Å². The average molecular weight is 248 g/mol. The zero-order valence-electron chi connectivity index (χ0n) is 9.30. The average Bonchev–Trinajstić information content (AvgIpc) is 2.55. The van der Waals surface area contributed by atoms with Gasteiger partial charge in [0.05, 0.1) is 6.20 Å². The molecule has 7 nitrogen and oxygen atoms in total. The molecule has 1 heterocycles.